The summed E-state index contributed by atoms with van der Waals surface area (Å²) in [5.74, 6) is 2.96. The van der Waals surface area contributed by atoms with E-state index in [0.717, 1.165) is 5.92 Å². The number of aromatic amines is 1. The quantitative estimate of drug-likeness (QED) is 0.682. The van der Waals surface area contributed by atoms with Gasteiger partial charge in [0.05, 0.1) is 13.0 Å². The molecule has 16 heavy (non-hydrogen) atoms. The number of hydrogen-bond acceptors (Lipinski definition) is 0. The summed E-state index contributed by atoms with van der Waals surface area (Å²) in [7, 11) is 2.13. The third kappa shape index (κ3) is 3.36. The number of imidazole rings is 1. The van der Waals surface area contributed by atoms with E-state index in [1.807, 2.05) is 6.20 Å². The molecule has 1 aromatic rings. The van der Waals surface area contributed by atoms with Crippen molar-refractivity contribution in [3.05, 3.63) is 18.2 Å². The highest BCUT2D eigenvalue weighted by Gasteiger charge is 2.22. The molecule has 1 aromatic heterocycles. The molecule has 2 atom stereocenters. The minimum atomic E-state index is 0.691. The number of aromatic nitrogens is 2. The van der Waals surface area contributed by atoms with Crippen molar-refractivity contribution in [3.63, 3.8) is 0 Å². The molecule has 0 aliphatic heterocycles. The predicted octanol–water partition coefficient (Wildman–Crippen LogP) is 3.55. The van der Waals surface area contributed by atoms with E-state index in [2.05, 4.69) is 43.6 Å². The second kappa shape index (κ2) is 6.72. The Morgan fingerprint density at radius 2 is 2.00 bits per heavy atom. The van der Waals surface area contributed by atoms with E-state index in [9.17, 15) is 0 Å². The SMILES string of the molecule is CCCC(CC)CC(CC)c1[nH]cc[n+]1C. The van der Waals surface area contributed by atoms with Gasteiger partial charge in [-0.15, -0.1) is 0 Å². The van der Waals surface area contributed by atoms with E-state index < -0.39 is 0 Å². The Balaban J connectivity index is 2.64. The molecule has 0 saturated heterocycles. The fourth-order valence-corrected chi connectivity index (χ4v) is 2.59. The lowest BCUT2D eigenvalue weighted by Gasteiger charge is -2.18. The molecule has 1 rings (SSSR count). The van der Waals surface area contributed by atoms with E-state index >= 15 is 0 Å². The van der Waals surface area contributed by atoms with Crippen LogP contribution in [0.25, 0.3) is 0 Å². The minimum absolute atomic E-state index is 0.691. The molecule has 0 amide bonds. The van der Waals surface area contributed by atoms with Crippen molar-refractivity contribution < 1.29 is 4.57 Å². The highest BCUT2D eigenvalue weighted by atomic mass is 15.0. The minimum Gasteiger partial charge on any atom is -0.247 e. The first kappa shape index (κ1) is 13.3. The lowest BCUT2D eigenvalue weighted by atomic mass is 9.87. The zero-order chi connectivity index (χ0) is 12.0. The molecular weight excluding hydrogens is 196 g/mol. The average Bonchev–Trinajstić information content (AvgIpc) is 2.71. The van der Waals surface area contributed by atoms with E-state index in [-0.39, 0.29) is 0 Å². The molecule has 0 saturated carbocycles. The van der Waals surface area contributed by atoms with Gasteiger partial charge in [-0.2, -0.15) is 0 Å². The molecule has 0 fully saturated rings. The highest BCUT2D eigenvalue weighted by Crippen LogP contribution is 2.27. The van der Waals surface area contributed by atoms with Crippen LogP contribution in [0.1, 0.15) is 64.6 Å². The molecule has 1 N–H and O–H groups in total. The third-order valence-electron chi connectivity index (χ3n) is 3.68. The summed E-state index contributed by atoms with van der Waals surface area (Å²) in [4.78, 5) is 3.39. The van der Waals surface area contributed by atoms with Crippen molar-refractivity contribution in [1.82, 2.24) is 4.98 Å². The number of nitrogens with one attached hydrogen (secondary N) is 1. The van der Waals surface area contributed by atoms with Gasteiger partial charge < -0.3 is 0 Å². The van der Waals surface area contributed by atoms with Crippen molar-refractivity contribution >= 4 is 0 Å². The van der Waals surface area contributed by atoms with Gasteiger partial charge in [-0.1, -0.05) is 40.0 Å². The number of hydrogen-bond donors (Lipinski definition) is 1. The van der Waals surface area contributed by atoms with Crippen molar-refractivity contribution in [3.8, 4) is 0 Å². The molecule has 0 aliphatic carbocycles. The van der Waals surface area contributed by atoms with Crippen LogP contribution < -0.4 is 4.57 Å². The monoisotopic (exact) mass is 223 g/mol. The second-order valence-corrected chi connectivity index (χ2v) is 4.86. The summed E-state index contributed by atoms with van der Waals surface area (Å²) in [5.41, 5.74) is 0. The summed E-state index contributed by atoms with van der Waals surface area (Å²) >= 11 is 0. The Morgan fingerprint density at radius 1 is 1.25 bits per heavy atom. The lowest BCUT2D eigenvalue weighted by molar-refractivity contribution is -0.679. The van der Waals surface area contributed by atoms with Crippen molar-refractivity contribution in [2.75, 3.05) is 0 Å². The normalized spacial score (nSPS) is 15.0. The van der Waals surface area contributed by atoms with Gasteiger partial charge in [0.1, 0.15) is 12.4 Å². The van der Waals surface area contributed by atoms with E-state index in [0.29, 0.717) is 5.92 Å². The summed E-state index contributed by atoms with van der Waals surface area (Å²) in [6, 6.07) is 0. The van der Waals surface area contributed by atoms with Crippen LogP contribution in [-0.4, -0.2) is 4.98 Å². The molecule has 0 bridgehead atoms. The van der Waals surface area contributed by atoms with Crippen LogP contribution in [0, 0.1) is 5.92 Å². The predicted molar refractivity (Wildman–Crippen MR) is 68.3 cm³/mol. The van der Waals surface area contributed by atoms with Gasteiger partial charge in [0.25, 0.3) is 5.82 Å². The molecule has 2 nitrogen and oxygen atoms in total. The molecule has 92 valence electrons. The fraction of sp³-hybridized carbons (Fsp3) is 0.786. The van der Waals surface area contributed by atoms with Crippen molar-refractivity contribution in [2.45, 2.75) is 58.8 Å². The van der Waals surface area contributed by atoms with Crippen molar-refractivity contribution in [2.24, 2.45) is 13.0 Å². The Hall–Kier alpha value is -0.790. The maximum atomic E-state index is 3.39. The second-order valence-electron chi connectivity index (χ2n) is 4.86. The van der Waals surface area contributed by atoms with Crippen LogP contribution in [0.5, 0.6) is 0 Å². The van der Waals surface area contributed by atoms with E-state index in [1.165, 1.54) is 37.9 Å². The third-order valence-corrected chi connectivity index (χ3v) is 3.68. The van der Waals surface area contributed by atoms with Crippen molar-refractivity contribution in [1.29, 1.82) is 0 Å². The van der Waals surface area contributed by atoms with Gasteiger partial charge in [0, 0.05) is 0 Å². The Kier molecular flexibility index (Phi) is 5.58. The van der Waals surface area contributed by atoms with E-state index in [1.54, 1.807) is 0 Å². The lowest BCUT2D eigenvalue weighted by Crippen LogP contribution is -2.32. The molecule has 0 aromatic carbocycles. The van der Waals surface area contributed by atoms with Gasteiger partial charge in [0.2, 0.25) is 0 Å². The molecule has 0 aliphatic rings. The molecule has 1 heterocycles. The largest absolute Gasteiger partial charge is 0.257 e. The van der Waals surface area contributed by atoms with Gasteiger partial charge >= 0.3 is 0 Å². The first-order valence-corrected chi connectivity index (χ1v) is 6.75. The van der Waals surface area contributed by atoms with Gasteiger partial charge in [0.15, 0.2) is 0 Å². The van der Waals surface area contributed by atoms with Crippen LogP contribution in [0.3, 0.4) is 0 Å². The summed E-state index contributed by atoms with van der Waals surface area (Å²) in [6.45, 7) is 6.91. The number of H-pyrrole nitrogens is 1. The number of rotatable bonds is 7. The number of aryl methyl sites for hydroxylation is 1. The molecule has 0 radical (unpaired) electrons. The first-order chi connectivity index (χ1) is 7.72. The van der Waals surface area contributed by atoms with Gasteiger partial charge in [-0.3, -0.25) is 0 Å². The zero-order valence-corrected chi connectivity index (χ0v) is 11.3. The average molecular weight is 223 g/mol. The molecular formula is C14H27N2+. The first-order valence-electron chi connectivity index (χ1n) is 6.75. The summed E-state index contributed by atoms with van der Waals surface area (Å²) in [6.07, 6.45) is 10.7. The van der Waals surface area contributed by atoms with Crippen LogP contribution in [0.15, 0.2) is 12.4 Å². The standard InChI is InChI=1S/C14H26N2/c1-5-8-12(6-2)11-13(7-3)14-15-9-10-16(14)4/h9-10,12-13H,5-8,11H2,1-4H3/p+1. The zero-order valence-electron chi connectivity index (χ0n) is 11.3. The Bertz CT molecular complexity index is 291. The van der Waals surface area contributed by atoms with Crippen LogP contribution in [0.2, 0.25) is 0 Å². The molecule has 2 unspecified atom stereocenters. The molecule has 0 spiro atoms. The number of nitrogens with zero attached hydrogens (tertiary/aromatic N) is 1. The van der Waals surface area contributed by atoms with Crippen LogP contribution >= 0.6 is 0 Å². The van der Waals surface area contributed by atoms with Crippen LogP contribution in [-0.2, 0) is 7.05 Å². The summed E-state index contributed by atoms with van der Waals surface area (Å²) in [5, 5.41) is 0. The summed E-state index contributed by atoms with van der Waals surface area (Å²) < 4.78 is 2.23. The maximum absolute atomic E-state index is 3.39. The van der Waals surface area contributed by atoms with Crippen LogP contribution in [0.4, 0.5) is 0 Å². The molecule has 2 heteroatoms. The topological polar surface area (TPSA) is 19.7 Å². The fourth-order valence-electron chi connectivity index (χ4n) is 2.59. The highest BCUT2D eigenvalue weighted by molar-refractivity contribution is 4.90. The Morgan fingerprint density at radius 3 is 2.44 bits per heavy atom. The smallest absolute Gasteiger partial charge is 0.247 e. The van der Waals surface area contributed by atoms with E-state index in [4.69, 9.17) is 0 Å². The van der Waals surface area contributed by atoms with Gasteiger partial charge in [-0.05, 0) is 18.8 Å². The van der Waals surface area contributed by atoms with Gasteiger partial charge in [-0.25, -0.2) is 9.55 Å². The maximum Gasteiger partial charge on any atom is 0.257 e. The Labute approximate surface area is 100 Å².